The number of carbonyl (C=O) groups excluding carboxylic acids is 4. The van der Waals surface area contributed by atoms with Crippen LogP contribution in [0.1, 0.15) is 27.0 Å². The highest BCUT2D eigenvalue weighted by molar-refractivity contribution is 6.39. The molecule has 1 aliphatic rings. The molecule has 1 heterocycles. The highest BCUT2D eigenvalue weighted by Gasteiger charge is 2.36. The summed E-state index contributed by atoms with van der Waals surface area (Å²) in [5.74, 6) is -1.61. The van der Waals surface area contributed by atoms with Gasteiger partial charge in [0.1, 0.15) is 11.3 Å². The molecule has 1 fully saturated rings. The molecule has 3 aromatic carbocycles. The fraction of sp³-hybridized carbons (Fsp3) is 0.111. The molecular weight excluding hydrogens is 484 g/mol. The number of nitrogens with one attached hydrogen (secondary N) is 1. The van der Waals surface area contributed by atoms with Gasteiger partial charge in [-0.05, 0) is 59.2 Å². The number of nitrogens with zero attached hydrogens (tertiary/aromatic N) is 1. The quantitative estimate of drug-likeness (QED) is 0.303. The minimum atomic E-state index is -0.888. The maximum Gasteiger partial charge on any atom is 0.337 e. The number of halogens is 1. The molecule has 0 unspecified atom stereocenters. The average Bonchev–Trinajstić information content (AvgIpc) is 2.88. The highest BCUT2D eigenvalue weighted by atomic mass is 35.5. The van der Waals surface area contributed by atoms with Gasteiger partial charge < -0.3 is 9.47 Å². The summed E-state index contributed by atoms with van der Waals surface area (Å²) in [6.45, 7) is 0. The highest BCUT2D eigenvalue weighted by Crippen LogP contribution is 2.28. The van der Waals surface area contributed by atoms with E-state index in [4.69, 9.17) is 16.3 Å². The van der Waals surface area contributed by atoms with Crippen molar-refractivity contribution >= 4 is 47.2 Å². The largest absolute Gasteiger partial charge is 0.496 e. The molecule has 4 rings (SSSR count). The van der Waals surface area contributed by atoms with E-state index in [0.29, 0.717) is 22.8 Å². The third kappa shape index (κ3) is 4.99. The van der Waals surface area contributed by atoms with Gasteiger partial charge in [0, 0.05) is 11.4 Å². The van der Waals surface area contributed by atoms with E-state index in [1.165, 1.54) is 44.6 Å². The fourth-order valence-corrected chi connectivity index (χ4v) is 3.97. The number of carbonyl (C=O) groups is 4. The molecule has 1 saturated heterocycles. The summed E-state index contributed by atoms with van der Waals surface area (Å²) in [5.41, 5.74) is 2.54. The van der Waals surface area contributed by atoms with Gasteiger partial charge in [-0.1, -0.05) is 41.9 Å². The molecule has 1 N–H and O–H groups in total. The van der Waals surface area contributed by atoms with Crippen molar-refractivity contribution in [3.63, 3.8) is 0 Å². The number of methoxy groups -OCH3 is 2. The Balaban J connectivity index is 1.63. The maximum absolute atomic E-state index is 13.2. The SMILES string of the molecule is COC(=O)c1ccc(N2C(=O)NC(=O)/C(=C\c3ccc(Cc4ccccc4Cl)c(OC)c3)C2=O)cc1. The van der Waals surface area contributed by atoms with Crippen molar-refractivity contribution < 1.29 is 28.7 Å². The summed E-state index contributed by atoms with van der Waals surface area (Å²) >= 11 is 6.28. The lowest BCUT2D eigenvalue weighted by Crippen LogP contribution is -2.54. The number of rotatable bonds is 6. The number of hydrogen-bond acceptors (Lipinski definition) is 6. The van der Waals surface area contributed by atoms with Crippen LogP contribution in [-0.2, 0) is 20.7 Å². The van der Waals surface area contributed by atoms with Crippen LogP contribution in [-0.4, -0.2) is 38.0 Å². The third-order valence-electron chi connectivity index (χ3n) is 5.61. The molecule has 3 aromatic rings. The summed E-state index contributed by atoms with van der Waals surface area (Å²) < 4.78 is 10.2. The Morgan fingerprint density at radius 2 is 1.69 bits per heavy atom. The van der Waals surface area contributed by atoms with E-state index < -0.39 is 23.8 Å². The Kier molecular flexibility index (Phi) is 7.17. The van der Waals surface area contributed by atoms with E-state index in [0.717, 1.165) is 16.0 Å². The predicted octanol–water partition coefficient (Wildman–Crippen LogP) is 4.39. The summed E-state index contributed by atoms with van der Waals surface area (Å²) in [6, 6.07) is 17.6. The van der Waals surface area contributed by atoms with Gasteiger partial charge in [-0.3, -0.25) is 14.9 Å². The van der Waals surface area contributed by atoms with Crippen LogP contribution in [0, 0.1) is 0 Å². The van der Waals surface area contributed by atoms with Gasteiger partial charge in [-0.25, -0.2) is 14.5 Å². The molecule has 0 aromatic heterocycles. The predicted molar refractivity (Wildman–Crippen MR) is 134 cm³/mol. The van der Waals surface area contributed by atoms with Crippen LogP contribution >= 0.6 is 11.6 Å². The van der Waals surface area contributed by atoms with Crippen LogP contribution in [0.15, 0.2) is 72.3 Å². The van der Waals surface area contributed by atoms with Gasteiger partial charge in [0.2, 0.25) is 0 Å². The zero-order valence-corrected chi connectivity index (χ0v) is 20.2. The van der Waals surface area contributed by atoms with E-state index in [9.17, 15) is 19.2 Å². The zero-order chi connectivity index (χ0) is 25.8. The third-order valence-corrected chi connectivity index (χ3v) is 5.98. The molecular formula is C27H21ClN2O6. The van der Waals surface area contributed by atoms with Crippen molar-refractivity contribution in [3.05, 3.63) is 99.6 Å². The molecule has 0 aliphatic carbocycles. The van der Waals surface area contributed by atoms with Crippen molar-refractivity contribution in [3.8, 4) is 5.75 Å². The van der Waals surface area contributed by atoms with Gasteiger partial charge in [-0.2, -0.15) is 0 Å². The first kappa shape index (κ1) is 24.7. The molecule has 4 amide bonds. The van der Waals surface area contributed by atoms with E-state index >= 15 is 0 Å². The molecule has 1 aliphatic heterocycles. The van der Waals surface area contributed by atoms with Crippen molar-refractivity contribution in [2.24, 2.45) is 0 Å². The molecule has 0 spiro atoms. The Labute approximate surface area is 212 Å². The standard InChI is InChI=1S/C27H21ClN2O6/c1-35-23-14-16(7-8-19(23)15-18-5-3-4-6-22(18)28)13-21-24(31)29-27(34)30(25(21)32)20-11-9-17(10-12-20)26(33)36-2/h3-14H,15H2,1-2H3,(H,29,31,34)/b21-13+. The summed E-state index contributed by atoms with van der Waals surface area (Å²) in [7, 11) is 2.78. The summed E-state index contributed by atoms with van der Waals surface area (Å²) in [5, 5.41) is 2.82. The number of imide groups is 2. The van der Waals surface area contributed by atoms with E-state index in [1.54, 1.807) is 12.1 Å². The number of barbiturate groups is 1. The first-order valence-electron chi connectivity index (χ1n) is 10.8. The lowest BCUT2D eigenvalue weighted by Gasteiger charge is -2.26. The van der Waals surface area contributed by atoms with Crippen LogP contribution in [0.25, 0.3) is 6.08 Å². The Hall–Kier alpha value is -4.43. The average molecular weight is 505 g/mol. The molecule has 0 atom stereocenters. The summed E-state index contributed by atoms with van der Waals surface area (Å²) in [6.07, 6.45) is 1.92. The monoisotopic (exact) mass is 504 g/mol. The van der Waals surface area contributed by atoms with E-state index in [2.05, 4.69) is 10.1 Å². The van der Waals surface area contributed by atoms with Crippen molar-refractivity contribution in [2.45, 2.75) is 6.42 Å². The fourth-order valence-electron chi connectivity index (χ4n) is 3.77. The number of esters is 1. The molecule has 0 bridgehead atoms. The minimum absolute atomic E-state index is 0.191. The maximum atomic E-state index is 13.2. The first-order chi connectivity index (χ1) is 17.3. The van der Waals surface area contributed by atoms with Crippen molar-refractivity contribution in [1.29, 1.82) is 0 Å². The van der Waals surface area contributed by atoms with Crippen molar-refractivity contribution in [2.75, 3.05) is 19.1 Å². The summed E-state index contributed by atoms with van der Waals surface area (Å²) in [4.78, 5) is 50.6. The van der Waals surface area contributed by atoms with Gasteiger partial charge >= 0.3 is 12.0 Å². The Morgan fingerprint density at radius 3 is 2.36 bits per heavy atom. The number of benzene rings is 3. The lowest BCUT2D eigenvalue weighted by molar-refractivity contribution is -0.122. The Bertz CT molecular complexity index is 1400. The van der Waals surface area contributed by atoms with Gasteiger partial charge in [0.25, 0.3) is 11.8 Å². The molecule has 0 radical (unpaired) electrons. The second-order valence-corrected chi connectivity index (χ2v) is 8.24. The van der Waals surface area contributed by atoms with Crippen LogP contribution in [0.3, 0.4) is 0 Å². The second-order valence-electron chi connectivity index (χ2n) is 7.84. The second kappa shape index (κ2) is 10.5. The van der Waals surface area contributed by atoms with Crippen LogP contribution in [0.2, 0.25) is 5.02 Å². The van der Waals surface area contributed by atoms with Crippen molar-refractivity contribution in [1.82, 2.24) is 5.32 Å². The van der Waals surface area contributed by atoms with Gasteiger partial charge in [0.15, 0.2) is 0 Å². The number of urea groups is 1. The minimum Gasteiger partial charge on any atom is -0.496 e. The number of amides is 4. The smallest absolute Gasteiger partial charge is 0.337 e. The molecule has 9 heteroatoms. The number of ether oxygens (including phenoxy) is 2. The van der Waals surface area contributed by atoms with Gasteiger partial charge in [0.05, 0.1) is 25.5 Å². The lowest BCUT2D eigenvalue weighted by atomic mass is 10.0. The molecule has 8 nitrogen and oxygen atoms in total. The molecule has 182 valence electrons. The Morgan fingerprint density at radius 1 is 0.972 bits per heavy atom. The first-order valence-corrected chi connectivity index (χ1v) is 11.2. The van der Waals surface area contributed by atoms with Crippen LogP contribution in [0.5, 0.6) is 5.75 Å². The van der Waals surface area contributed by atoms with E-state index in [-0.39, 0.29) is 16.8 Å². The number of anilines is 1. The topological polar surface area (TPSA) is 102 Å². The van der Waals surface area contributed by atoms with Gasteiger partial charge in [-0.15, -0.1) is 0 Å². The zero-order valence-electron chi connectivity index (χ0n) is 19.4. The number of hydrogen-bond donors (Lipinski definition) is 1. The van der Waals surface area contributed by atoms with Crippen LogP contribution in [0.4, 0.5) is 10.5 Å². The van der Waals surface area contributed by atoms with E-state index in [1.807, 2.05) is 30.3 Å². The van der Waals surface area contributed by atoms with Crippen LogP contribution < -0.4 is 15.0 Å². The molecule has 36 heavy (non-hydrogen) atoms. The normalized spacial score (nSPS) is 14.6. The molecule has 0 saturated carbocycles.